The molecule has 0 radical (unpaired) electrons. The van der Waals surface area contributed by atoms with Crippen molar-refractivity contribution in [2.45, 2.75) is 59.3 Å². The zero-order valence-electron chi connectivity index (χ0n) is 33.4. The Hall–Kier alpha value is -5.64. The molecule has 2 aromatic heterocycles. The van der Waals surface area contributed by atoms with Crippen LogP contribution in [0, 0.1) is 25.7 Å². The fraction of sp³-hybridized carbons (Fsp3) is 0.176. The Morgan fingerprint density at radius 2 is 1.28 bits per heavy atom. The third-order valence-corrected chi connectivity index (χ3v) is 10.7. The largest absolute Gasteiger partial charge is 0.509 e. The van der Waals surface area contributed by atoms with Gasteiger partial charge in [0, 0.05) is 66.9 Å². The number of aryl methyl sites for hydroxylation is 1. The first kappa shape index (κ1) is 38.2. The van der Waals surface area contributed by atoms with Crippen LogP contribution in [-0.4, -0.2) is 9.55 Å². The Morgan fingerprint density at radius 1 is 0.596 bits per heavy atom. The second-order valence-corrected chi connectivity index (χ2v) is 16.8. The van der Waals surface area contributed by atoms with Crippen LogP contribution in [0.3, 0.4) is 0 Å². The first-order valence-corrected chi connectivity index (χ1v) is 19.3. The number of hydrogen-bond donors (Lipinski definition) is 0. The molecule has 0 bridgehead atoms. The van der Waals surface area contributed by atoms with Crippen molar-refractivity contribution in [3.63, 3.8) is 0 Å². The number of hydrogen-bond acceptors (Lipinski definition) is 4. The van der Waals surface area contributed by atoms with Gasteiger partial charge in [0.25, 0.3) is 0 Å². The molecule has 1 aliphatic heterocycles. The molecule has 6 heteroatoms. The molecule has 0 atom stereocenters. The SMILES string of the molecule is Cc1cc(Oc2[c-]c3c(cc2)c2ccccc2n3-c2cc(C(C)(C)C)ccn2)[c-]c(N2[CH-]N(c3cc(C(C)(C)C)ccc3-c3ccccc3)c3ccccc32)c1.[Pt]. The van der Waals surface area contributed by atoms with Crippen LogP contribution >= 0.6 is 0 Å². The van der Waals surface area contributed by atoms with E-state index >= 15 is 0 Å². The molecule has 6 aromatic carbocycles. The summed E-state index contributed by atoms with van der Waals surface area (Å²) in [5, 5.41) is 2.24. The first-order valence-electron chi connectivity index (χ1n) is 19.3. The molecule has 0 N–H and O–H groups in total. The number of rotatable bonds is 6. The first-order chi connectivity index (χ1) is 26.9. The zero-order chi connectivity index (χ0) is 38.8. The summed E-state index contributed by atoms with van der Waals surface area (Å²) in [4.78, 5) is 9.37. The van der Waals surface area contributed by atoms with Gasteiger partial charge in [0.15, 0.2) is 0 Å². The molecule has 288 valence electrons. The van der Waals surface area contributed by atoms with Crippen molar-refractivity contribution >= 4 is 44.6 Å². The minimum atomic E-state index is -0.0158. The van der Waals surface area contributed by atoms with Gasteiger partial charge in [-0.05, 0) is 69.3 Å². The van der Waals surface area contributed by atoms with E-state index < -0.39 is 0 Å². The Morgan fingerprint density at radius 3 is 2.04 bits per heavy atom. The molecule has 0 aliphatic carbocycles. The minimum absolute atomic E-state index is 0. The van der Waals surface area contributed by atoms with E-state index in [2.05, 4.69) is 203 Å². The van der Waals surface area contributed by atoms with Crippen molar-refractivity contribution in [2.75, 3.05) is 9.80 Å². The van der Waals surface area contributed by atoms with Crippen molar-refractivity contribution in [3.8, 4) is 28.4 Å². The van der Waals surface area contributed by atoms with Crippen LogP contribution < -0.4 is 14.5 Å². The number of fused-ring (bicyclic) bond motifs is 4. The van der Waals surface area contributed by atoms with E-state index in [-0.39, 0.29) is 31.9 Å². The number of nitrogens with zero attached hydrogens (tertiary/aromatic N) is 4. The number of ether oxygens (including phenoxy) is 1. The van der Waals surface area contributed by atoms with E-state index in [9.17, 15) is 0 Å². The quantitative estimate of drug-likeness (QED) is 0.156. The summed E-state index contributed by atoms with van der Waals surface area (Å²) in [6, 6.07) is 54.4. The van der Waals surface area contributed by atoms with Gasteiger partial charge in [-0.3, -0.25) is 0 Å². The molecule has 0 saturated heterocycles. The van der Waals surface area contributed by atoms with Gasteiger partial charge in [0.2, 0.25) is 0 Å². The van der Waals surface area contributed by atoms with Crippen molar-refractivity contribution in [1.82, 2.24) is 9.55 Å². The number of benzene rings is 6. The average molecular weight is 925 g/mol. The molecular formula is C51H45N4OPt-3. The molecule has 0 spiro atoms. The van der Waals surface area contributed by atoms with Gasteiger partial charge in [0.05, 0.1) is 0 Å². The second-order valence-electron chi connectivity index (χ2n) is 16.8. The second kappa shape index (κ2) is 14.7. The summed E-state index contributed by atoms with van der Waals surface area (Å²) >= 11 is 0. The topological polar surface area (TPSA) is 33.5 Å². The molecule has 3 heterocycles. The number of para-hydroxylation sites is 3. The van der Waals surface area contributed by atoms with E-state index in [0.717, 1.165) is 55.9 Å². The predicted octanol–water partition coefficient (Wildman–Crippen LogP) is 13.5. The van der Waals surface area contributed by atoms with E-state index in [1.807, 2.05) is 18.3 Å². The molecule has 8 aromatic rings. The van der Waals surface area contributed by atoms with Gasteiger partial charge in [-0.1, -0.05) is 127 Å². The standard InChI is InChI=1S/C51H45N4O.Pt/c1-34-27-38(53-33-54(46-20-14-13-19-45(46)53)47-29-36(50(2,3)4)21-23-41(47)35-15-9-8-10-16-35)31-40(28-34)56-39-22-24-43-42-17-11-12-18-44(42)55(48(43)32-39)49-30-37(25-26-52-49)51(5,6)7;/h8-30,33H,1-7H3;/q-3;. The summed E-state index contributed by atoms with van der Waals surface area (Å²) in [5.41, 5.74) is 12.1. The van der Waals surface area contributed by atoms with Crippen LogP contribution in [0.4, 0.5) is 22.7 Å². The maximum absolute atomic E-state index is 6.66. The Balaban J connectivity index is 0.00000455. The Labute approximate surface area is 350 Å². The third-order valence-electron chi connectivity index (χ3n) is 10.7. The third kappa shape index (κ3) is 7.15. The maximum Gasteiger partial charge on any atom is 0.135 e. The van der Waals surface area contributed by atoms with Gasteiger partial charge in [-0.15, -0.1) is 48.1 Å². The Kier molecular flexibility index (Phi) is 9.86. The normalized spacial score (nSPS) is 12.9. The maximum atomic E-state index is 6.66. The van der Waals surface area contributed by atoms with Gasteiger partial charge in [-0.2, -0.15) is 11.6 Å². The summed E-state index contributed by atoms with van der Waals surface area (Å²) in [7, 11) is 0. The molecule has 0 unspecified atom stereocenters. The van der Waals surface area contributed by atoms with Crippen LogP contribution in [-0.2, 0) is 31.9 Å². The molecule has 0 fully saturated rings. The zero-order valence-corrected chi connectivity index (χ0v) is 35.6. The van der Waals surface area contributed by atoms with Crippen LogP contribution in [0.2, 0.25) is 0 Å². The van der Waals surface area contributed by atoms with Crippen LogP contribution in [0.1, 0.15) is 58.2 Å². The smallest absolute Gasteiger partial charge is 0.135 e. The molecule has 5 nitrogen and oxygen atoms in total. The van der Waals surface area contributed by atoms with Crippen LogP contribution in [0.5, 0.6) is 11.5 Å². The van der Waals surface area contributed by atoms with Gasteiger partial charge in [0.1, 0.15) is 5.82 Å². The fourth-order valence-corrected chi connectivity index (χ4v) is 7.70. The summed E-state index contributed by atoms with van der Waals surface area (Å²) < 4.78 is 8.86. The molecule has 0 amide bonds. The molecular weight excluding hydrogens is 880 g/mol. The fourth-order valence-electron chi connectivity index (χ4n) is 7.70. The van der Waals surface area contributed by atoms with Crippen molar-refractivity contribution < 1.29 is 25.8 Å². The van der Waals surface area contributed by atoms with Gasteiger partial charge < -0.3 is 19.1 Å². The van der Waals surface area contributed by atoms with Crippen molar-refractivity contribution in [1.29, 1.82) is 0 Å². The molecule has 1 aliphatic rings. The van der Waals surface area contributed by atoms with Crippen LogP contribution in [0.15, 0.2) is 140 Å². The predicted molar refractivity (Wildman–Crippen MR) is 232 cm³/mol. The molecule has 57 heavy (non-hydrogen) atoms. The molecule has 0 saturated carbocycles. The monoisotopic (exact) mass is 924 g/mol. The summed E-state index contributed by atoms with van der Waals surface area (Å²) in [6.07, 6.45) is 1.90. The summed E-state index contributed by atoms with van der Waals surface area (Å²) in [6.45, 7) is 17.8. The van der Waals surface area contributed by atoms with Crippen molar-refractivity contribution in [2.24, 2.45) is 0 Å². The van der Waals surface area contributed by atoms with Gasteiger partial charge >= 0.3 is 0 Å². The van der Waals surface area contributed by atoms with Gasteiger partial charge in [-0.25, -0.2) is 4.98 Å². The minimum Gasteiger partial charge on any atom is -0.509 e. The van der Waals surface area contributed by atoms with E-state index in [0.29, 0.717) is 11.5 Å². The average Bonchev–Trinajstić information content (AvgIpc) is 3.73. The van der Waals surface area contributed by atoms with E-state index in [1.54, 1.807) is 0 Å². The van der Waals surface area contributed by atoms with Crippen molar-refractivity contribution in [3.05, 3.63) is 175 Å². The Bertz CT molecular complexity index is 2760. The molecule has 9 rings (SSSR count). The van der Waals surface area contributed by atoms with Crippen LogP contribution in [0.25, 0.3) is 38.8 Å². The number of aromatic nitrogens is 2. The summed E-state index contributed by atoms with van der Waals surface area (Å²) in [5.74, 6) is 2.09. The van der Waals surface area contributed by atoms with E-state index in [1.165, 1.54) is 22.3 Å². The number of pyridine rings is 1. The number of anilines is 4. The van der Waals surface area contributed by atoms with E-state index in [4.69, 9.17) is 9.72 Å².